The molecule has 1 fully saturated rings. The molecule has 0 aromatic heterocycles. The van der Waals surface area contributed by atoms with E-state index < -0.39 is 66.8 Å². The first-order valence-electron chi connectivity index (χ1n) is 20.4. The van der Waals surface area contributed by atoms with E-state index >= 15 is 0 Å². The maximum absolute atomic E-state index is 14.1. The summed E-state index contributed by atoms with van der Waals surface area (Å²) in [6.45, 7) is 3.15. The Kier molecular flexibility index (Phi) is 14.3. The fourth-order valence-electron chi connectivity index (χ4n) is 7.05. The zero-order chi connectivity index (χ0) is 44.3. The average molecular weight is 851 g/mol. The van der Waals surface area contributed by atoms with Crippen molar-refractivity contribution in [2.24, 2.45) is 0 Å². The molecule has 1 heterocycles. The van der Waals surface area contributed by atoms with E-state index in [1.165, 1.54) is 0 Å². The van der Waals surface area contributed by atoms with Gasteiger partial charge >= 0.3 is 23.9 Å². The molecule has 1 unspecified atom stereocenters. The summed E-state index contributed by atoms with van der Waals surface area (Å²) in [5, 5.41) is 10.7. The second kappa shape index (κ2) is 20.5. The second-order valence-corrected chi connectivity index (χ2v) is 14.8. The molecule has 1 aliphatic heterocycles. The number of methoxy groups -OCH3 is 1. The number of benzene rings is 6. The molecule has 0 amide bonds. The smallest absolute Gasteiger partial charge is 0.338 e. The van der Waals surface area contributed by atoms with Crippen molar-refractivity contribution in [3.8, 4) is 11.5 Å². The Hall–Kier alpha value is -7.28. The lowest BCUT2D eigenvalue weighted by atomic mass is 9.94. The minimum Gasteiger partial charge on any atom is -0.497 e. The third-order valence-electron chi connectivity index (χ3n) is 10.4. The number of carbonyl (C=O) groups is 4. The average Bonchev–Trinajstić information content (AvgIpc) is 3.32. The molecule has 6 aromatic carbocycles. The summed E-state index contributed by atoms with van der Waals surface area (Å²) in [6, 6.07) is 45.3. The van der Waals surface area contributed by atoms with Crippen LogP contribution in [0, 0.1) is 0 Å². The van der Waals surface area contributed by atoms with Crippen LogP contribution in [0.4, 0.5) is 0 Å². The maximum atomic E-state index is 14.1. The highest BCUT2D eigenvalue weighted by atomic mass is 16.7. The molecule has 0 radical (unpaired) electrons. The van der Waals surface area contributed by atoms with Crippen LogP contribution in [0.5, 0.6) is 11.5 Å². The van der Waals surface area contributed by atoms with Crippen molar-refractivity contribution < 1.29 is 57.4 Å². The number of aliphatic hydroxyl groups excluding tert-OH is 1. The minimum atomic E-state index is -1.63. The molecule has 63 heavy (non-hydrogen) atoms. The van der Waals surface area contributed by atoms with Gasteiger partial charge in [-0.25, -0.2) is 19.2 Å². The Bertz CT molecular complexity index is 2460. The molecule has 0 bridgehead atoms. The summed E-state index contributed by atoms with van der Waals surface area (Å²) < 4.78 is 43.6. The first kappa shape index (κ1) is 43.8. The number of ether oxygens (including phenoxy) is 7. The van der Waals surface area contributed by atoms with Gasteiger partial charge in [-0.15, -0.1) is 0 Å². The topological polar surface area (TPSA) is 153 Å². The molecule has 1 saturated heterocycles. The van der Waals surface area contributed by atoms with Crippen molar-refractivity contribution in [2.75, 3.05) is 7.11 Å². The van der Waals surface area contributed by atoms with Gasteiger partial charge in [0.1, 0.15) is 23.7 Å². The fraction of sp³-hybridized carbons (Fsp3) is 0.216. The molecule has 322 valence electrons. The summed E-state index contributed by atoms with van der Waals surface area (Å²) in [6.07, 6.45) is -9.61. The van der Waals surface area contributed by atoms with Gasteiger partial charge in [0.05, 0.1) is 35.5 Å². The van der Waals surface area contributed by atoms with Gasteiger partial charge in [-0.3, -0.25) is 0 Å². The minimum absolute atomic E-state index is 0.147. The highest BCUT2D eigenvalue weighted by Gasteiger charge is 2.56. The molecule has 1 N–H and O–H groups in total. The van der Waals surface area contributed by atoms with E-state index in [0.29, 0.717) is 23.3 Å². The third-order valence-corrected chi connectivity index (χ3v) is 10.4. The van der Waals surface area contributed by atoms with E-state index in [1.54, 1.807) is 160 Å². The van der Waals surface area contributed by atoms with Crippen molar-refractivity contribution in [1.82, 2.24) is 0 Å². The van der Waals surface area contributed by atoms with Gasteiger partial charge in [-0.1, -0.05) is 97.1 Å². The van der Waals surface area contributed by atoms with Crippen LogP contribution in [0.25, 0.3) is 0 Å². The normalized spacial score (nSPS) is 19.1. The van der Waals surface area contributed by atoms with Gasteiger partial charge in [0.15, 0.2) is 12.2 Å². The lowest BCUT2D eigenvalue weighted by Crippen LogP contribution is -2.65. The Morgan fingerprint density at radius 1 is 0.571 bits per heavy atom. The van der Waals surface area contributed by atoms with Crippen molar-refractivity contribution in [3.63, 3.8) is 0 Å². The lowest BCUT2D eigenvalue weighted by molar-refractivity contribution is -0.284. The van der Waals surface area contributed by atoms with Gasteiger partial charge in [0.25, 0.3) is 0 Å². The molecule has 12 heteroatoms. The van der Waals surface area contributed by atoms with Gasteiger partial charge in [-0.2, -0.15) is 0 Å². The zero-order valence-corrected chi connectivity index (χ0v) is 34.8. The van der Waals surface area contributed by atoms with Crippen molar-refractivity contribution >= 4 is 23.9 Å². The molecule has 0 spiro atoms. The molecule has 7 atom stereocenters. The van der Waals surface area contributed by atoms with Crippen LogP contribution in [0.15, 0.2) is 164 Å². The van der Waals surface area contributed by atoms with Gasteiger partial charge in [0, 0.05) is 6.42 Å². The molecule has 7 rings (SSSR count). The standard InChI is InChI=1S/C51H46O12/c1-32(52)39-26-27-40(30-34-24-28-41(57-3)29-25-34)42(31-39)59-51-46(62-50(56)38-22-14-7-15-23-38)45(61-49(55)37-20-12-6-13-21-37)44(60-48(54)36-18-10-5-11-19-36)43(63-51)33(2)58-47(53)35-16-8-4-9-17-35/h4-29,31-33,43-46,51-52H,30H2,1-3H3/t32?,33-,43-,44-,45+,46-,51-/m1/s1. The van der Waals surface area contributed by atoms with Crippen molar-refractivity contribution in [1.29, 1.82) is 0 Å². The SMILES string of the molecule is COc1ccc(Cc2ccc(C(C)O)cc2O[C@@H]2O[C@H]([C@@H](C)OC(=O)c3ccccc3)[C@@H](OC(=O)c3ccccc3)[C@H](OC(=O)c3ccccc3)[C@H]2OC(=O)c2ccccc2)cc1. The van der Waals surface area contributed by atoms with Crippen LogP contribution in [0.2, 0.25) is 0 Å². The van der Waals surface area contributed by atoms with E-state index in [0.717, 1.165) is 5.56 Å². The third kappa shape index (κ3) is 11.0. The largest absolute Gasteiger partial charge is 0.497 e. The lowest BCUT2D eigenvalue weighted by Gasteiger charge is -2.45. The van der Waals surface area contributed by atoms with Crippen LogP contribution in [-0.4, -0.2) is 72.9 Å². The van der Waals surface area contributed by atoms with Gasteiger partial charge in [-0.05, 0) is 97.3 Å². The summed E-state index contributed by atoms with van der Waals surface area (Å²) in [5.41, 5.74) is 2.75. The highest BCUT2D eigenvalue weighted by molar-refractivity contribution is 5.91. The molecular formula is C51H46O12. The Balaban J connectivity index is 1.36. The second-order valence-electron chi connectivity index (χ2n) is 14.8. The predicted octanol–water partition coefficient (Wildman–Crippen LogP) is 8.37. The number of hydrogen-bond donors (Lipinski definition) is 1. The quantitative estimate of drug-likeness (QED) is 0.0781. The summed E-state index contributed by atoms with van der Waals surface area (Å²) >= 11 is 0. The Morgan fingerprint density at radius 2 is 1.03 bits per heavy atom. The fourth-order valence-corrected chi connectivity index (χ4v) is 7.05. The summed E-state index contributed by atoms with van der Waals surface area (Å²) in [4.78, 5) is 55.8. The predicted molar refractivity (Wildman–Crippen MR) is 230 cm³/mol. The molecule has 6 aromatic rings. The number of rotatable bonds is 15. The van der Waals surface area contributed by atoms with E-state index in [-0.39, 0.29) is 28.0 Å². The van der Waals surface area contributed by atoms with Crippen LogP contribution >= 0.6 is 0 Å². The van der Waals surface area contributed by atoms with Crippen LogP contribution < -0.4 is 9.47 Å². The number of aliphatic hydroxyl groups is 1. The monoisotopic (exact) mass is 850 g/mol. The Morgan fingerprint density at radius 3 is 1.51 bits per heavy atom. The highest BCUT2D eigenvalue weighted by Crippen LogP contribution is 2.36. The van der Waals surface area contributed by atoms with Crippen LogP contribution in [-0.2, 0) is 30.1 Å². The van der Waals surface area contributed by atoms with E-state index in [1.807, 2.05) is 24.3 Å². The van der Waals surface area contributed by atoms with E-state index in [4.69, 9.17) is 33.2 Å². The van der Waals surface area contributed by atoms with Crippen molar-refractivity contribution in [2.45, 2.75) is 63.2 Å². The molecule has 0 saturated carbocycles. The van der Waals surface area contributed by atoms with Gasteiger partial charge < -0.3 is 38.3 Å². The first-order chi connectivity index (χ1) is 30.6. The number of hydrogen-bond acceptors (Lipinski definition) is 12. The summed E-state index contributed by atoms with van der Waals surface area (Å²) in [7, 11) is 1.58. The van der Waals surface area contributed by atoms with Crippen LogP contribution in [0.1, 0.15) is 78.1 Å². The van der Waals surface area contributed by atoms with E-state index in [9.17, 15) is 24.3 Å². The summed E-state index contributed by atoms with van der Waals surface area (Å²) in [5.74, 6) is -2.30. The van der Waals surface area contributed by atoms with E-state index in [2.05, 4.69) is 0 Å². The number of carbonyl (C=O) groups excluding carboxylic acids is 4. The zero-order valence-electron chi connectivity index (χ0n) is 34.8. The number of esters is 4. The molecule has 1 aliphatic rings. The van der Waals surface area contributed by atoms with Crippen molar-refractivity contribution in [3.05, 3.63) is 203 Å². The maximum Gasteiger partial charge on any atom is 0.338 e. The van der Waals surface area contributed by atoms with Gasteiger partial charge in [0.2, 0.25) is 12.4 Å². The molecular weight excluding hydrogens is 805 g/mol. The van der Waals surface area contributed by atoms with Crippen LogP contribution in [0.3, 0.4) is 0 Å². The Labute approximate surface area is 364 Å². The molecule has 12 nitrogen and oxygen atoms in total. The molecule has 0 aliphatic carbocycles. The first-order valence-corrected chi connectivity index (χ1v) is 20.4.